The Hall–Kier alpha value is -3.22. The maximum Gasteiger partial charge on any atom is 0.259 e. The molecule has 0 saturated carbocycles. The standard InChI is InChI=1S/C21H24N2O5/c1-5-23-16-9-7-14(12-13(16)6-11-18(23)24)22-21(25)15-8-10-17(26-2)20(28-4)19(15)27-3/h7-10,12H,5-6,11H2,1-4H3,(H,22,25). The topological polar surface area (TPSA) is 77.1 Å². The van der Waals surface area contributed by atoms with Crippen molar-refractivity contribution in [1.29, 1.82) is 0 Å². The summed E-state index contributed by atoms with van der Waals surface area (Å²) >= 11 is 0. The molecule has 7 heteroatoms. The van der Waals surface area contributed by atoms with E-state index in [4.69, 9.17) is 14.2 Å². The van der Waals surface area contributed by atoms with E-state index in [1.54, 1.807) is 23.1 Å². The Labute approximate surface area is 164 Å². The van der Waals surface area contributed by atoms with Gasteiger partial charge in [-0.25, -0.2) is 0 Å². The molecule has 0 fully saturated rings. The lowest BCUT2D eigenvalue weighted by molar-refractivity contribution is -0.118. The molecule has 0 radical (unpaired) electrons. The van der Waals surface area contributed by atoms with Crippen molar-refractivity contribution in [3.63, 3.8) is 0 Å². The number of carbonyl (C=O) groups is 2. The highest BCUT2D eigenvalue weighted by Gasteiger charge is 2.24. The minimum absolute atomic E-state index is 0.127. The van der Waals surface area contributed by atoms with Crippen molar-refractivity contribution >= 4 is 23.2 Å². The number of nitrogens with zero attached hydrogens (tertiary/aromatic N) is 1. The molecule has 2 aromatic carbocycles. The second-order valence-corrected chi connectivity index (χ2v) is 6.32. The number of ether oxygens (including phenoxy) is 3. The van der Waals surface area contributed by atoms with Crippen LogP contribution >= 0.6 is 0 Å². The number of methoxy groups -OCH3 is 3. The molecule has 1 heterocycles. The molecule has 1 aliphatic rings. The SMILES string of the molecule is CCN1C(=O)CCc2cc(NC(=O)c3ccc(OC)c(OC)c3OC)ccc21. The third kappa shape index (κ3) is 3.47. The molecule has 3 rings (SSSR count). The van der Waals surface area contributed by atoms with Crippen LogP contribution in [0.5, 0.6) is 17.2 Å². The highest BCUT2D eigenvalue weighted by Crippen LogP contribution is 2.40. The molecule has 0 aliphatic carbocycles. The molecular weight excluding hydrogens is 360 g/mol. The first-order valence-electron chi connectivity index (χ1n) is 9.07. The molecule has 0 bridgehead atoms. The number of amides is 2. The van der Waals surface area contributed by atoms with Gasteiger partial charge in [0, 0.05) is 24.3 Å². The molecule has 0 spiro atoms. The lowest BCUT2D eigenvalue weighted by Gasteiger charge is -2.28. The van der Waals surface area contributed by atoms with E-state index < -0.39 is 0 Å². The minimum Gasteiger partial charge on any atom is -0.493 e. The number of benzene rings is 2. The Kier molecular flexibility index (Phi) is 5.73. The third-order valence-corrected chi connectivity index (χ3v) is 4.80. The monoisotopic (exact) mass is 384 g/mol. The summed E-state index contributed by atoms with van der Waals surface area (Å²) < 4.78 is 16.0. The predicted octanol–water partition coefficient (Wildman–Crippen LogP) is 3.26. The molecule has 0 saturated heterocycles. The van der Waals surface area contributed by atoms with Crippen LogP contribution in [0.4, 0.5) is 11.4 Å². The summed E-state index contributed by atoms with van der Waals surface area (Å²) in [7, 11) is 4.49. The van der Waals surface area contributed by atoms with Gasteiger partial charge in [-0.3, -0.25) is 9.59 Å². The van der Waals surface area contributed by atoms with Gasteiger partial charge >= 0.3 is 0 Å². The van der Waals surface area contributed by atoms with Gasteiger partial charge in [-0.15, -0.1) is 0 Å². The first-order chi connectivity index (χ1) is 13.5. The average molecular weight is 384 g/mol. The molecular formula is C21H24N2O5. The van der Waals surface area contributed by atoms with E-state index in [9.17, 15) is 9.59 Å². The zero-order valence-corrected chi connectivity index (χ0v) is 16.5. The first kappa shape index (κ1) is 19.5. The number of hydrogen-bond donors (Lipinski definition) is 1. The fraction of sp³-hybridized carbons (Fsp3) is 0.333. The van der Waals surface area contributed by atoms with Gasteiger partial charge in [0.05, 0.1) is 26.9 Å². The number of carbonyl (C=O) groups excluding carboxylic acids is 2. The number of anilines is 2. The zero-order valence-electron chi connectivity index (χ0n) is 16.5. The summed E-state index contributed by atoms with van der Waals surface area (Å²) in [6.45, 7) is 2.58. The smallest absolute Gasteiger partial charge is 0.259 e. The quantitative estimate of drug-likeness (QED) is 0.827. The summed E-state index contributed by atoms with van der Waals surface area (Å²) in [5.41, 5.74) is 2.94. The number of nitrogens with one attached hydrogen (secondary N) is 1. The average Bonchev–Trinajstić information content (AvgIpc) is 2.72. The number of rotatable bonds is 6. The van der Waals surface area contributed by atoms with Gasteiger partial charge in [0.25, 0.3) is 5.91 Å². The fourth-order valence-electron chi connectivity index (χ4n) is 3.46. The van der Waals surface area contributed by atoms with Crippen molar-refractivity contribution in [2.24, 2.45) is 0 Å². The van der Waals surface area contributed by atoms with Crippen molar-refractivity contribution in [3.05, 3.63) is 41.5 Å². The van der Waals surface area contributed by atoms with Crippen LogP contribution in [0.3, 0.4) is 0 Å². The summed E-state index contributed by atoms with van der Waals surface area (Å²) in [4.78, 5) is 26.7. The van der Waals surface area contributed by atoms with Gasteiger partial charge in [-0.1, -0.05) is 0 Å². The van der Waals surface area contributed by atoms with Crippen LogP contribution in [-0.2, 0) is 11.2 Å². The van der Waals surface area contributed by atoms with E-state index in [0.29, 0.717) is 47.9 Å². The summed E-state index contributed by atoms with van der Waals surface area (Å²) in [5, 5.41) is 2.90. The molecule has 0 atom stereocenters. The summed E-state index contributed by atoms with van der Waals surface area (Å²) in [6, 6.07) is 8.87. The first-order valence-corrected chi connectivity index (χ1v) is 9.07. The highest BCUT2D eigenvalue weighted by atomic mass is 16.5. The lowest BCUT2D eigenvalue weighted by Crippen LogP contribution is -2.34. The second-order valence-electron chi connectivity index (χ2n) is 6.32. The fourth-order valence-corrected chi connectivity index (χ4v) is 3.46. The van der Waals surface area contributed by atoms with Gasteiger partial charge in [-0.2, -0.15) is 0 Å². The third-order valence-electron chi connectivity index (χ3n) is 4.80. The van der Waals surface area contributed by atoms with Gasteiger partial charge in [0.1, 0.15) is 0 Å². The highest BCUT2D eigenvalue weighted by molar-refractivity contribution is 6.07. The molecule has 0 aromatic heterocycles. The summed E-state index contributed by atoms with van der Waals surface area (Å²) in [6.07, 6.45) is 1.13. The number of fused-ring (bicyclic) bond motifs is 1. The molecule has 1 aliphatic heterocycles. The van der Waals surface area contributed by atoms with Crippen LogP contribution in [0, 0.1) is 0 Å². The zero-order chi connectivity index (χ0) is 20.3. The van der Waals surface area contributed by atoms with E-state index >= 15 is 0 Å². The van der Waals surface area contributed by atoms with Crippen molar-refractivity contribution in [2.45, 2.75) is 19.8 Å². The Morgan fingerprint density at radius 1 is 1.04 bits per heavy atom. The largest absolute Gasteiger partial charge is 0.493 e. The van der Waals surface area contributed by atoms with Gasteiger partial charge < -0.3 is 24.4 Å². The van der Waals surface area contributed by atoms with Crippen molar-refractivity contribution in [1.82, 2.24) is 0 Å². The van der Waals surface area contributed by atoms with Crippen LogP contribution in [-0.4, -0.2) is 39.7 Å². The van der Waals surface area contributed by atoms with E-state index in [0.717, 1.165) is 11.3 Å². The second kappa shape index (κ2) is 8.21. The van der Waals surface area contributed by atoms with Crippen molar-refractivity contribution < 1.29 is 23.8 Å². The Bertz CT molecular complexity index is 910. The number of aryl methyl sites for hydroxylation is 1. The van der Waals surface area contributed by atoms with Crippen LogP contribution in [0.25, 0.3) is 0 Å². The molecule has 0 unspecified atom stereocenters. The molecule has 1 N–H and O–H groups in total. The van der Waals surface area contributed by atoms with Crippen LogP contribution in [0.15, 0.2) is 30.3 Å². The summed E-state index contributed by atoms with van der Waals surface area (Å²) in [5.74, 6) is 0.952. The van der Waals surface area contributed by atoms with Crippen molar-refractivity contribution in [2.75, 3.05) is 38.1 Å². The van der Waals surface area contributed by atoms with E-state index in [1.807, 2.05) is 19.1 Å². The predicted molar refractivity (Wildman–Crippen MR) is 107 cm³/mol. The molecule has 148 valence electrons. The van der Waals surface area contributed by atoms with E-state index in [2.05, 4.69) is 5.32 Å². The van der Waals surface area contributed by atoms with Gasteiger partial charge in [0.15, 0.2) is 11.5 Å². The molecule has 7 nitrogen and oxygen atoms in total. The van der Waals surface area contributed by atoms with Crippen LogP contribution in [0.1, 0.15) is 29.3 Å². The van der Waals surface area contributed by atoms with Crippen LogP contribution in [0.2, 0.25) is 0 Å². The Morgan fingerprint density at radius 3 is 2.43 bits per heavy atom. The Morgan fingerprint density at radius 2 is 1.79 bits per heavy atom. The van der Waals surface area contributed by atoms with E-state index in [1.165, 1.54) is 21.3 Å². The Balaban J connectivity index is 1.89. The number of hydrogen-bond acceptors (Lipinski definition) is 5. The van der Waals surface area contributed by atoms with Gasteiger partial charge in [0.2, 0.25) is 11.7 Å². The normalized spacial score (nSPS) is 13.0. The molecule has 2 aromatic rings. The van der Waals surface area contributed by atoms with Gasteiger partial charge in [-0.05, 0) is 49.2 Å². The molecule has 28 heavy (non-hydrogen) atoms. The maximum atomic E-state index is 12.9. The lowest BCUT2D eigenvalue weighted by atomic mass is 10.0. The van der Waals surface area contributed by atoms with E-state index in [-0.39, 0.29) is 11.8 Å². The molecule has 2 amide bonds. The minimum atomic E-state index is -0.322. The van der Waals surface area contributed by atoms with Crippen LogP contribution < -0.4 is 24.4 Å². The maximum absolute atomic E-state index is 12.9. The van der Waals surface area contributed by atoms with Crippen molar-refractivity contribution in [3.8, 4) is 17.2 Å².